The van der Waals surface area contributed by atoms with Crippen molar-refractivity contribution >= 4 is 41.3 Å². The number of aryl methyl sites for hydroxylation is 1. The second-order valence-corrected chi connectivity index (χ2v) is 14.1. The molecule has 272 valence electrons. The molecule has 0 radical (unpaired) electrons. The van der Waals surface area contributed by atoms with Gasteiger partial charge in [-0.1, -0.05) is 80.9 Å². The predicted octanol–water partition coefficient (Wildman–Crippen LogP) is 4.30. The monoisotopic (exact) mass is 720 g/mol. The lowest BCUT2D eigenvalue weighted by Crippen LogP contribution is -2.59. The number of nitrogens with zero attached hydrogens (tertiary/aromatic N) is 2. The number of nitrogens with one attached hydrogen (secondary N) is 4. The number of amides is 6. The fraction of sp³-hybridized carbons (Fsp3) is 0.395. The fourth-order valence-electron chi connectivity index (χ4n) is 5.40. The maximum atomic E-state index is 13.9. The first-order valence-electron chi connectivity index (χ1n) is 17.0. The van der Waals surface area contributed by atoms with Crippen LogP contribution >= 0.6 is 11.6 Å². The number of carbonyl (C=O) groups is 5. The van der Waals surface area contributed by atoms with Gasteiger partial charge in [0.15, 0.2) is 0 Å². The largest absolute Gasteiger partial charge is 0.355 e. The second-order valence-electron chi connectivity index (χ2n) is 13.7. The third-order valence-electron chi connectivity index (χ3n) is 8.37. The number of carbonyl (C=O) groups excluding carboxylic acids is 5. The van der Waals surface area contributed by atoms with Gasteiger partial charge in [-0.2, -0.15) is 0 Å². The molecule has 0 spiro atoms. The molecular weight excluding hydrogens is 675 g/mol. The zero-order chi connectivity index (χ0) is 37.0. The number of benzene rings is 3. The number of rotatable bonds is 13. The van der Waals surface area contributed by atoms with E-state index in [9.17, 15) is 28.4 Å². The van der Waals surface area contributed by atoms with Crippen LogP contribution in [0.3, 0.4) is 0 Å². The van der Waals surface area contributed by atoms with Gasteiger partial charge in [-0.05, 0) is 59.7 Å². The van der Waals surface area contributed by atoms with Crippen LogP contribution in [0.4, 0.5) is 9.18 Å². The molecule has 1 aliphatic rings. The van der Waals surface area contributed by atoms with E-state index in [-0.39, 0.29) is 56.9 Å². The van der Waals surface area contributed by atoms with E-state index < -0.39 is 41.7 Å². The summed E-state index contributed by atoms with van der Waals surface area (Å²) in [5.41, 5.74) is 1.80. The zero-order valence-corrected chi connectivity index (χ0v) is 30.0. The molecule has 1 fully saturated rings. The third kappa shape index (κ3) is 12.4. The van der Waals surface area contributed by atoms with Gasteiger partial charge in [0.1, 0.15) is 17.9 Å². The highest BCUT2D eigenvalue weighted by molar-refractivity contribution is 6.31. The summed E-state index contributed by atoms with van der Waals surface area (Å²) < 4.78 is 13.3. The quantitative estimate of drug-likeness (QED) is 0.209. The summed E-state index contributed by atoms with van der Waals surface area (Å²) in [4.78, 5) is 69.9. The van der Waals surface area contributed by atoms with Gasteiger partial charge in [-0.25, -0.2) is 9.18 Å². The summed E-state index contributed by atoms with van der Waals surface area (Å²) in [7, 11) is 0. The molecule has 0 unspecified atom stereocenters. The van der Waals surface area contributed by atoms with Crippen LogP contribution in [0.25, 0.3) is 0 Å². The highest BCUT2D eigenvalue weighted by Crippen LogP contribution is 2.16. The van der Waals surface area contributed by atoms with Crippen LogP contribution in [0, 0.1) is 11.2 Å². The first-order chi connectivity index (χ1) is 24.3. The molecule has 2 atom stereocenters. The Morgan fingerprint density at radius 3 is 2.04 bits per heavy atom. The van der Waals surface area contributed by atoms with Gasteiger partial charge < -0.3 is 31.1 Å². The van der Waals surface area contributed by atoms with E-state index in [0.717, 1.165) is 5.56 Å². The van der Waals surface area contributed by atoms with Crippen molar-refractivity contribution in [2.75, 3.05) is 32.7 Å². The van der Waals surface area contributed by atoms with Crippen molar-refractivity contribution in [3.8, 4) is 0 Å². The summed E-state index contributed by atoms with van der Waals surface area (Å²) >= 11 is 6.29. The Morgan fingerprint density at radius 1 is 0.765 bits per heavy atom. The molecule has 0 aliphatic carbocycles. The van der Waals surface area contributed by atoms with Crippen molar-refractivity contribution in [3.63, 3.8) is 0 Å². The minimum Gasteiger partial charge on any atom is -0.355 e. The summed E-state index contributed by atoms with van der Waals surface area (Å²) in [6.07, 6.45) is 0.379. The van der Waals surface area contributed by atoms with E-state index >= 15 is 0 Å². The Balaban J connectivity index is 1.45. The lowest BCUT2D eigenvalue weighted by Gasteiger charge is -2.35. The van der Waals surface area contributed by atoms with Gasteiger partial charge in [0.05, 0.1) is 6.42 Å². The summed E-state index contributed by atoms with van der Waals surface area (Å²) in [6, 6.07) is 19.0. The van der Waals surface area contributed by atoms with Crippen molar-refractivity contribution in [1.82, 2.24) is 31.1 Å². The lowest BCUT2D eigenvalue weighted by atomic mass is 9.97. The average molecular weight is 721 g/mol. The topological polar surface area (TPSA) is 140 Å². The third-order valence-corrected chi connectivity index (χ3v) is 8.74. The molecule has 51 heavy (non-hydrogen) atoms. The van der Waals surface area contributed by atoms with Crippen molar-refractivity contribution in [1.29, 1.82) is 0 Å². The van der Waals surface area contributed by atoms with Crippen LogP contribution in [-0.2, 0) is 27.3 Å². The summed E-state index contributed by atoms with van der Waals surface area (Å²) in [5.74, 6) is -2.30. The van der Waals surface area contributed by atoms with Gasteiger partial charge >= 0.3 is 6.03 Å². The van der Waals surface area contributed by atoms with Gasteiger partial charge in [0.25, 0.3) is 5.91 Å². The van der Waals surface area contributed by atoms with E-state index in [4.69, 9.17) is 11.6 Å². The van der Waals surface area contributed by atoms with E-state index in [1.165, 1.54) is 29.2 Å². The van der Waals surface area contributed by atoms with E-state index in [2.05, 4.69) is 21.3 Å². The van der Waals surface area contributed by atoms with Gasteiger partial charge in [-0.15, -0.1) is 0 Å². The van der Waals surface area contributed by atoms with Crippen molar-refractivity contribution < 1.29 is 28.4 Å². The highest BCUT2D eigenvalue weighted by Gasteiger charge is 2.32. The highest BCUT2D eigenvalue weighted by atomic mass is 35.5. The molecule has 3 aromatic rings. The maximum Gasteiger partial charge on any atom is 0.318 e. The van der Waals surface area contributed by atoms with Gasteiger partial charge in [0.2, 0.25) is 17.7 Å². The number of hydrogen-bond donors (Lipinski definition) is 4. The Labute approximate surface area is 303 Å². The fourth-order valence-corrected chi connectivity index (χ4v) is 5.61. The number of urea groups is 1. The molecule has 6 amide bonds. The Morgan fingerprint density at radius 2 is 1.39 bits per heavy atom. The molecule has 4 rings (SSSR count). The molecule has 4 N–H and O–H groups in total. The van der Waals surface area contributed by atoms with Crippen LogP contribution < -0.4 is 21.3 Å². The molecule has 0 bridgehead atoms. The van der Waals surface area contributed by atoms with Crippen molar-refractivity contribution in [2.24, 2.45) is 5.41 Å². The minimum absolute atomic E-state index is 0.140. The zero-order valence-electron chi connectivity index (χ0n) is 29.2. The standard InChI is InChI=1S/C38H46ClFN6O5/c1-38(2,3)25-42-33(47)23-32(44-37(51)46-21-19-45(20-22-46)36(50)27-14-16-29(40)17-15-27)35(49)43-31(18-13-26-9-5-4-6-10-26)34(48)41-24-28-11-7-8-12-30(28)39/h4-12,14-17,31-32H,13,18-25H2,1-3H3,(H,41,48)(H,42,47)(H,43,49)(H,44,51)/t31-,32-/m0/s1. The predicted molar refractivity (Wildman–Crippen MR) is 193 cm³/mol. The molecule has 1 heterocycles. The number of piperazine rings is 1. The van der Waals surface area contributed by atoms with E-state index in [1.54, 1.807) is 23.1 Å². The minimum atomic E-state index is -1.30. The van der Waals surface area contributed by atoms with Crippen LogP contribution in [0.15, 0.2) is 78.9 Å². The number of hydrogen-bond acceptors (Lipinski definition) is 5. The first-order valence-corrected chi connectivity index (χ1v) is 17.4. The SMILES string of the molecule is CC(C)(C)CNC(=O)C[C@H](NC(=O)N1CCN(C(=O)c2ccc(F)cc2)CC1)C(=O)N[C@@H](CCc1ccccc1)C(=O)NCc1ccccc1Cl. The van der Waals surface area contributed by atoms with E-state index in [0.29, 0.717) is 29.1 Å². The molecule has 0 aromatic heterocycles. The van der Waals surface area contributed by atoms with Crippen LogP contribution in [0.2, 0.25) is 5.02 Å². The maximum absolute atomic E-state index is 13.9. The van der Waals surface area contributed by atoms with Gasteiger partial charge in [-0.3, -0.25) is 19.2 Å². The Hall–Kier alpha value is -4.97. The van der Waals surface area contributed by atoms with Crippen LogP contribution in [0.5, 0.6) is 0 Å². The molecule has 3 aromatic carbocycles. The molecule has 1 aliphatic heterocycles. The molecular formula is C38H46ClFN6O5. The second kappa shape index (κ2) is 18.3. The summed E-state index contributed by atoms with van der Waals surface area (Å²) in [6.45, 7) is 7.15. The summed E-state index contributed by atoms with van der Waals surface area (Å²) in [5, 5.41) is 11.7. The van der Waals surface area contributed by atoms with Gasteiger partial charge in [0, 0.05) is 49.9 Å². The van der Waals surface area contributed by atoms with Crippen molar-refractivity contribution in [3.05, 3.63) is 106 Å². The first kappa shape index (κ1) is 38.8. The number of halogens is 2. The smallest absolute Gasteiger partial charge is 0.318 e. The van der Waals surface area contributed by atoms with E-state index in [1.807, 2.05) is 57.2 Å². The Kier molecular flexibility index (Phi) is 13.9. The van der Waals surface area contributed by atoms with Crippen LogP contribution in [0.1, 0.15) is 55.1 Å². The lowest BCUT2D eigenvalue weighted by molar-refractivity contribution is -0.131. The molecule has 11 nitrogen and oxygen atoms in total. The van der Waals surface area contributed by atoms with Crippen molar-refractivity contribution in [2.45, 2.75) is 58.7 Å². The Bertz CT molecular complexity index is 1660. The average Bonchev–Trinajstić information content (AvgIpc) is 3.11. The molecule has 13 heteroatoms. The normalized spacial score (nSPS) is 14.2. The molecule has 1 saturated heterocycles. The molecule has 0 saturated carbocycles. The van der Waals surface area contributed by atoms with Crippen LogP contribution in [-0.4, -0.2) is 84.3 Å².